The van der Waals surface area contributed by atoms with Crippen LogP contribution in [0.3, 0.4) is 0 Å². The molecule has 2 aromatic rings. The Morgan fingerprint density at radius 2 is 1.80 bits per heavy atom. The van der Waals surface area contributed by atoms with E-state index in [4.69, 9.17) is 0 Å². The third-order valence-corrected chi connectivity index (χ3v) is 5.33. The number of sulfonamides is 1. The number of unbranched alkanes of at least 4 members (excludes halogenated alkanes) is 1. The van der Waals surface area contributed by atoms with E-state index in [2.05, 4.69) is 10.0 Å². The Hall–Kier alpha value is -2.18. The van der Waals surface area contributed by atoms with Crippen LogP contribution in [0, 0.1) is 0 Å². The van der Waals surface area contributed by atoms with Crippen molar-refractivity contribution in [3.63, 3.8) is 0 Å². The Morgan fingerprint density at radius 1 is 1.08 bits per heavy atom. The molecule has 134 valence electrons. The lowest BCUT2D eigenvalue weighted by Gasteiger charge is -2.15. The Labute approximate surface area is 149 Å². The molecule has 1 amide bonds. The second-order valence-corrected chi connectivity index (χ2v) is 7.65. The van der Waals surface area contributed by atoms with Crippen LogP contribution in [0.25, 0.3) is 0 Å². The zero-order valence-corrected chi connectivity index (χ0v) is 15.3. The zero-order chi connectivity index (χ0) is 18.3. The van der Waals surface area contributed by atoms with E-state index >= 15 is 0 Å². The molecule has 0 aliphatic heterocycles. The molecular formula is C19H24N2O3S. The van der Waals surface area contributed by atoms with Crippen molar-refractivity contribution in [2.45, 2.75) is 37.6 Å². The lowest BCUT2D eigenvalue weighted by molar-refractivity contribution is 0.0939. The Kier molecular flexibility index (Phi) is 6.73. The first-order valence-electron chi connectivity index (χ1n) is 8.39. The molecule has 2 N–H and O–H groups in total. The van der Waals surface area contributed by atoms with Gasteiger partial charge in [0.05, 0.1) is 10.9 Å². The van der Waals surface area contributed by atoms with Crippen molar-refractivity contribution in [2.75, 3.05) is 6.54 Å². The molecular weight excluding hydrogens is 336 g/mol. The van der Waals surface area contributed by atoms with Crippen LogP contribution in [-0.4, -0.2) is 20.9 Å². The summed E-state index contributed by atoms with van der Waals surface area (Å²) in [4.78, 5) is 12.5. The van der Waals surface area contributed by atoms with E-state index < -0.39 is 10.0 Å². The van der Waals surface area contributed by atoms with Gasteiger partial charge in [0.25, 0.3) is 5.91 Å². The predicted molar refractivity (Wildman–Crippen MR) is 98.9 cm³/mol. The molecule has 6 heteroatoms. The number of benzene rings is 2. The van der Waals surface area contributed by atoms with Gasteiger partial charge in [0.2, 0.25) is 10.0 Å². The van der Waals surface area contributed by atoms with Gasteiger partial charge in [-0.05, 0) is 37.1 Å². The van der Waals surface area contributed by atoms with Crippen molar-refractivity contribution < 1.29 is 13.2 Å². The molecule has 0 spiro atoms. The van der Waals surface area contributed by atoms with Gasteiger partial charge in [-0.3, -0.25) is 4.79 Å². The topological polar surface area (TPSA) is 75.3 Å². The molecule has 0 bridgehead atoms. The van der Waals surface area contributed by atoms with Crippen molar-refractivity contribution >= 4 is 15.9 Å². The van der Waals surface area contributed by atoms with Crippen LogP contribution >= 0.6 is 0 Å². The molecule has 2 rings (SSSR count). The van der Waals surface area contributed by atoms with Crippen molar-refractivity contribution in [1.29, 1.82) is 0 Å². The first-order valence-corrected chi connectivity index (χ1v) is 9.88. The largest absolute Gasteiger partial charge is 0.346 e. The lowest BCUT2D eigenvalue weighted by atomic mass is 10.1. The maximum absolute atomic E-state index is 12.4. The van der Waals surface area contributed by atoms with E-state index in [0.29, 0.717) is 12.1 Å². The van der Waals surface area contributed by atoms with Crippen molar-refractivity contribution in [3.05, 3.63) is 65.7 Å². The monoisotopic (exact) mass is 360 g/mol. The first kappa shape index (κ1) is 19.1. The molecule has 0 aliphatic carbocycles. The fourth-order valence-corrected chi connectivity index (χ4v) is 3.50. The molecule has 1 atom stereocenters. The van der Waals surface area contributed by atoms with E-state index in [1.54, 1.807) is 12.1 Å². The van der Waals surface area contributed by atoms with Crippen molar-refractivity contribution in [3.8, 4) is 0 Å². The highest BCUT2D eigenvalue weighted by Crippen LogP contribution is 2.15. The molecule has 0 heterocycles. The molecule has 1 unspecified atom stereocenters. The van der Waals surface area contributed by atoms with Crippen LogP contribution in [0.2, 0.25) is 0 Å². The molecule has 0 radical (unpaired) electrons. The second-order valence-electron chi connectivity index (χ2n) is 5.88. The van der Waals surface area contributed by atoms with E-state index in [9.17, 15) is 13.2 Å². The second kappa shape index (κ2) is 8.78. The summed E-state index contributed by atoms with van der Waals surface area (Å²) in [5.41, 5.74) is 1.31. The first-order chi connectivity index (χ1) is 11.9. The Balaban J connectivity index is 2.11. The number of carbonyl (C=O) groups is 1. The van der Waals surface area contributed by atoms with E-state index in [1.807, 2.05) is 44.2 Å². The number of nitrogens with one attached hydrogen (secondary N) is 2. The van der Waals surface area contributed by atoms with Gasteiger partial charge in [-0.1, -0.05) is 49.7 Å². The molecule has 25 heavy (non-hydrogen) atoms. The van der Waals surface area contributed by atoms with Gasteiger partial charge in [-0.25, -0.2) is 13.1 Å². The highest BCUT2D eigenvalue weighted by molar-refractivity contribution is 7.89. The van der Waals surface area contributed by atoms with E-state index in [1.165, 1.54) is 12.1 Å². The maximum Gasteiger partial charge on any atom is 0.251 e. The molecule has 0 saturated carbocycles. The van der Waals surface area contributed by atoms with Gasteiger partial charge < -0.3 is 5.32 Å². The minimum absolute atomic E-state index is 0.101. The van der Waals surface area contributed by atoms with Crippen molar-refractivity contribution in [1.82, 2.24) is 10.0 Å². The van der Waals surface area contributed by atoms with Gasteiger partial charge in [0, 0.05) is 12.1 Å². The smallest absolute Gasteiger partial charge is 0.251 e. The van der Waals surface area contributed by atoms with Crippen LogP contribution in [0.15, 0.2) is 59.5 Å². The van der Waals surface area contributed by atoms with Gasteiger partial charge in [-0.15, -0.1) is 0 Å². The highest BCUT2D eigenvalue weighted by Gasteiger charge is 2.17. The van der Waals surface area contributed by atoms with Crippen LogP contribution in [0.4, 0.5) is 0 Å². The number of hydrogen-bond acceptors (Lipinski definition) is 3. The van der Waals surface area contributed by atoms with Gasteiger partial charge in [-0.2, -0.15) is 0 Å². The summed E-state index contributed by atoms with van der Waals surface area (Å²) in [5, 5.41) is 2.89. The molecule has 0 saturated heterocycles. The summed E-state index contributed by atoms with van der Waals surface area (Å²) < 4.78 is 27.1. The molecule has 0 aromatic heterocycles. The Morgan fingerprint density at radius 3 is 2.48 bits per heavy atom. The molecule has 0 fully saturated rings. The fourth-order valence-electron chi connectivity index (χ4n) is 2.38. The van der Waals surface area contributed by atoms with Crippen molar-refractivity contribution in [2.24, 2.45) is 0 Å². The summed E-state index contributed by atoms with van der Waals surface area (Å²) in [6.07, 6.45) is 1.68. The predicted octanol–water partition coefficient (Wildman–Crippen LogP) is 3.26. The minimum atomic E-state index is -3.60. The number of rotatable bonds is 8. The quantitative estimate of drug-likeness (QED) is 0.710. The summed E-state index contributed by atoms with van der Waals surface area (Å²) in [6, 6.07) is 15.5. The standard InChI is InChI=1S/C19H24N2O3S/c1-3-4-13-20-25(23,24)18-12-8-11-17(14-18)19(22)21-15(2)16-9-6-5-7-10-16/h5-12,14-15,20H,3-4,13H2,1-2H3,(H,21,22). The fraction of sp³-hybridized carbons (Fsp3) is 0.316. The summed E-state index contributed by atoms with van der Waals surface area (Å²) in [7, 11) is -3.60. The third kappa shape index (κ3) is 5.41. The summed E-state index contributed by atoms with van der Waals surface area (Å²) in [5.74, 6) is -0.304. The van der Waals surface area contributed by atoms with Gasteiger partial charge in [0.1, 0.15) is 0 Å². The average Bonchev–Trinajstić information content (AvgIpc) is 2.62. The third-order valence-electron chi connectivity index (χ3n) is 3.88. The van der Waals surface area contributed by atoms with Crippen LogP contribution in [0.5, 0.6) is 0 Å². The molecule has 0 aliphatic rings. The lowest BCUT2D eigenvalue weighted by Crippen LogP contribution is -2.28. The highest BCUT2D eigenvalue weighted by atomic mass is 32.2. The molecule has 2 aromatic carbocycles. The van der Waals surface area contributed by atoms with E-state index in [-0.39, 0.29) is 16.8 Å². The average molecular weight is 360 g/mol. The number of carbonyl (C=O) groups excluding carboxylic acids is 1. The Bertz CT molecular complexity index is 804. The SMILES string of the molecule is CCCCNS(=O)(=O)c1cccc(C(=O)NC(C)c2ccccc2)c1. The summed E-state index contributed by atoms with van der Waals surface area (Å²) >= 11 is 0. The van der Waals surface area contributed by atoms with Gasteiger partial charge >= 0.3 is 0 Å². The van der Waals surface area contributed by atoms with Crippen LogP contribution in [0.1, 0.15) is 48.7 Å². The van der Waals surface area contributed by atoms with Crippen LogP contribution in [-0.2, 0) is 10.0 Å². The maximum atomic E-state index is 12.4. The number of hydrogen-bond donors (Lipinski definition) is 2. The van der Waals surface area contributed by atoms with E-state index in [0.717, 1.165) is 18.4 Å². The summed E-state index contributed by atoms with van der Waals surface area (Å²) in [6.45, 7) is 4.27. The zero-order valence-electron chi connectivity index (χ0n) is 14.5. The van der Waals surface area contributed by atoms with Crippen LogP contribution < -0.4 is 10.0 Å². The normalized spacial score (nSPS) is 12.6. The van der Waals surface area contributed by atoms with Gasteiger partial charge in [0.15, 0.2) is 0 Å². The molecule has 5 nitrogen and oxygen atoms in total. The number of amides is 1. The minimum Gasteiger partial charge on any atom is -0.346 e.